The molecule has 1 amide bonds. The van der Waals surface area contributed by atoms with Gasteiger partial charge in [-0.05, 0) is 39.0 Å². The van der Waals surface area contributed by atoms with Crippen molar-refractivity contribution >= 4 is 51.7 Å². The number of amides is 1. The molecule has 192 valence electrons. The van der Waals surface area contributed by atoms with Crippen LogP contribution in [0.2, 0.25) is 10.0 Å². The van der Waals surface area contributed by atoms with Crippen LogP contribution in [-0.2, 0) is 4.74 Å². The second kappa shape index (κ2) is 10.5. The minimum Gasteiger partial charge on any atom is -0.493 e. The molecule has 11 heteroatoms. The van der Waals surface area contributed by atoms with Gasteiger partial charge in [0.15, 0.2) is 17.3 Å². The Hall–Kier alpha value is -3.04. The van der Waals surface area contributed by atoms with Crippen LogP contribution in [0.5, 0.6) is 11.5 Å². The second-order valence-electron chi connectivity index (χ2n) is 9.38. The predicted molar refractivity (Wildman–Crippen MR) is 137 cm³/mol. The normalized spacial score (nSPS) is 14.6. The number of anilines is 2. The third-order valence-electron chi connectivity index (χ3n) is 5.60. The number of methoxy groups -OCH3 is 1. The lowest BCUT2D eigenvalue weighted by Gasteiger charge is -2.33. The molecule has 8 nitrogen and oxygen atoms in total. The fourth-order valence-electron chi connectivity index (χ4n) is 3.83. The maximum atomic E-state index is 14.6. The van der Waals surface area contributed by atoms with Crippen molar-refractivity contribution in [2.24, 2.45) is 0 Å². The number of aromatic nitrogens is 2. The fourth-order valence-corrected chi connectivity index (χ4v) is 4.14. The average Bonchev–Trinajstić information content (AvgIpc) is 2.83. The zero-order chi connectivity index (χ0) is 26.0. The van der Waals surface area contributed by atoms with Crippen LogP contribution in [0.15, 0.2) is 30.6 Å². The molecular weight excluding hydrogens is 510 g/mol. The van der Waals surface area contributed by atoms with Gasteiger partial charge in [0, 0.05) is 37.4 Å². The molecule has 1 aliphatic heterocycles. The number of likely N-dealkylation sites (tertiary alicyclic amines) is 1. The van der Waals surface area contributed by atoms with Crippen molar-refractivity contribution < 1.29 is 23.4 Å². The second-order valence-corrected chi connectivity index (χ2v) is 10.2. The molecule has 1 aliphatic rings. The summed E-state index contributed by atoms with van der Waals surface area (Å²) in [5.74, 6) is 0.679. The Balaban J connectivity index is 1.55. The highest BCUT2D eigenvalue weighted by Crippen LogP contribution is 2.37. The molecule has 0 aliphatic carbocycles. The lowest BCUT2D eigenvalue weighted by molar-refractivity contribution is 0.0124. The first-order chi connectivity index (χ1) is 17.1. The minimum atomic E-state index is -0.683. The van der Waals surface area contributed by atoms with E-state index in [1.165, 1.54) is 18.5 Å². The predicted octanol–water partition coefficient (Wildman–Crippen LogP) is 6.61. The third-order valence-corrected chi connectivity index (χ3v) is 6.38. The molecule has 2 heterocycles. The lowest BCUT2D eigenvalue weighted by atomic mass is 10.1. The van der Waals surface area contributed by atoms with E-state index in [-0.39, 0.29) is 27.9 Å². The first kappa shape index (κ1) is 26.0. The summed E-state index contributed by atoms with van der Waals surface area (Å²) in [6.45, 7) is 6.56. The summed E-state index contributed by atoms with van der Waals surface area (Å²) < 4.78 is 31.9. The molecule has 0 unspecified atom stereocenters. The zero-order valence-corrected chi connectivity index (χ0v) is 21.9. The first-order valence-electron chi connectivity index (χ1n) is 11.4. The van der Waals surface area contributed by atoms with Crippen LogP contribution in [0, 0.1) is 5.82 Å². The lowest BCUT2D eigenvalue weighted by Crippen LogP contribution is -2.44. The number of nitrogens with zero attached hydrogens (tertiary/aromatic N) is 3. The zero-order valence-electron chi connectivity index (χ0n) is 20.4. The van der Waals surface area contributed by atoms with Gasteiger partial charge in [0.1, 0.15) is 23.9 Å². The monoisotopic (exact) mass is 536 g/mol. The highest BCUT2D eigenvalue weighted by Gasteiger charge is 2.28. The summed E-state index contributed by atoms with van der Waals surface area (Å²) >= 11 is 11.9. The van der Waals surface area contributed by atoms with Crippen LogP contribution in [0.1, 0.15) is 33.6 Å². The molecule has 0 saturated carbocycles. The molecule has 0 spiro atoms. The average molecular weight is 537 g/mol. The van der Waals surface area contributed by atoms with Gasteiger partial charge in [-0.15, -0.1) is 0 Å². The van der Waals surface area contributed by atoms with Crippen LogP contribution < -0.4 is 14.8 Å². The van der Waals surface area contributed by atoms with Crippen LogP contribution in [0.4, 0.5) is 20.7 Å². The number of rotatable bonds is 5. The van der Waals surface area contributed by atoms with Gasteiger partial charge in [0.2, 0.25) is 0 Å². The molecule has 1 aromatic heterocycles. The highest BCUT2D eigenvalue weighted by molar-refractivity contribution is 6.42. The van der Waals surface area contributed by atoms with E-state index in [1.54, 1.807) is 24.1 Å². The van der Waals surface area contributed by atoms with Gasteiger partial charge in [-0.2, -0.15) is 0 Å². The Bertz CT molecular complexity index is 1280. The number of hydrogen-bond acceptors (Lipinski definition) is 7. The number of carbonyl (C=O) groups excluding carboxylic acids is 1. The highest BCUT2D eigenvalue weighted by atomic mass is 35.5. The summed E-state index contributed by atoms with van der Waals surface area (Å²) in [6, 6.07) is 6.47. The van der Waals surface area contributed by atoms with Gasteiger partial charge in [-0.25, -0.2) is 19.2 Å². The van der Waals surface area contributed by atoms with Crippen LogP contribution in [-0.4, -0.2) is 52.9 Å². The summed E-state index contributed by atoms with van der Waals surface area (Å²) in [7, 11) is 1.55. The van der Waals surface area contributed by atoms with Crippen molar-refractivity contribution in [3.05, 3.63) is 46.5 Å². The van der Waals surface area contributed by atoms with Crippen molar-refractivity contribution in [2.45, 2.75) is 45.3 Å². The van der Waals surface area contributed by atoms with E-state index in [1.807, 2.05) is 20.8 Å². The third kappa shape index (κ3) is 5.84. The first-order valence-corrected chi connectivity index (χ1v) is 12.2. The molecule has 1 fully saturated rings. The SMILES string of the molecule is COc1cc2ncnc(Nc3ccc(Cl)c(Cl)c3F)c2cc1OC1CCN(C(=O)OC(C)(C)C)CC1. The molecule has 36 heavy (non-hydrogen) atoms. The number of carbonyl (C=O) groups is 1. The summed E-state index contributed by atoms with van der Waals surface area (Å²) in [5.41, 5.74) is 0.158. The standard InChI is InChI=1S/C25H27Cl2FN4O4/c1-25(2,3)36-24(33)32-9-7-14(8-10-32)35-20-11-15-18(12-19(20)34-4)29-13-30-23(15)31-17-6-5-16(26)21(27)22(17)28/h5-6,11-14H,7-10H2,1-4H3,(H,29,30,31). The summed E-state index contributed by atoms with van der Waals surface area (Å²) in [5, 5.41) is 3.51. The smallest absolute Gasteiger partial charge is 0.410 e. The maximum absolute atomic E-state index is 14.6. The minimum absolute atomic E-state index is 0.116. The Morgan fingerprint density at radius 3 is 2.53 bits per heavy atom. The van der Waals surface area contributed by atoms with Gasteiger partial charge in [-0.1, -0.05) is 23.2 Å². The topological polar surface area (TPSA) is 85.8 Å². The number of fused-ring (bicyclic) bond motifs is 1. The maximum Gasteiger partial charge on any atom is 0.410 e. The number of nitrogens with one attached hydrogen (secondary N) is 1. The molecule has 1 saturated heterocycles. The number of hydrogen-bond donors (Lipinski definition) is 1. The van der Waals surface area contributed by atoms with Crippen molar-refractivity contribution in [3.8, 4) is 11.5 Å². The van der Waals surface area contributed by atoms with Gasteiger partial charge in [0.25, 0.3) is 0 Å². The number of benzene rings is 2. The van der Waals surface area contributed by atoms with E-state index in [0.717, 1.165) is 0 Å². The quantitative estimate of drug-likeness (QED) is 0.367. The summed E-state index contributed by atoms with van der Waals surface area (Å²) in [6.07, 6.45) is 2.17. The van der Waals surface area contributed by atoms with E-state index < -0.39 is 11.4 Å². The number of ether oxygens (including phenoxy) is 3. The number of halogens is 3. The van der Waals surface area contributed by atoms with Gasteiger partial charge >= 0.3 is 6.09 Å². The molecule has 0 atom stereocenters. The Labute approximate surface area is 218 Å². The molecule has 0 bridgehead atoms. The van der Waals surface area contributed by atoms with Crippen LogP contribution >= 0.6 is 23.2 Å². The van der Waals surface area contributed by atoms with E-state index in [2.05, 4.69) is 15.3 Å². The molecule has 1 N–H and O–H groups in total. The van der Waals surface area contributed by atoms with Gasteiger partial charge in [0.05, 0.1) is 28.4 Å². The van der Waals surface area contributed by atoms with E-state index in [4.69, 9.17) is 37.4 Å². The molecular formula is C25H27Cl2FN4O4. The largest absolute Gasteiger partial charge is 0.493 e. The molecule has 2 aromatic carbocycles. The molecule has 4 rings (SSSR count). The van der Waals surface area contributed by atoms with E-state index in [0.29, 0.717) is 54.2 Å². The van der Waals surface area contributed by atoms with Gasteiger partial charge < -0.3 is 24.4 Å². The van der Waals surface area contributed by atoms with Crippen LogP contribution in [0.3, 0.4) is 0 Å². The summed E-state index contributed by atoms with van der Waals surface area (Å²) in [4.78, 5) is 22.6. The van der Waals surface area contributed by atoms with Crippen molar-refractivity contribution in [1.29, 1.82) is 0 Å². The molecule has 0 radical (unpaired) electrons. The Kier molecular flexibility index (Phi) is 7.61. The van der Waals surface area contributed by atoms with Crippen LogP contribution in [0.25, 0.3) is 10.9 Å². The van der Waals surface area contributed by atoms with E-state index >= 15 is 0 Å². The van der Waals surface area contributed by atoms with Crippen molar-refractivity contribution in [3.63, 3.8) is 0 Å². The van der Waals surface area contributed by atoms with Crippen molar-refractivity contribution in [2.75, 3.05) is 25.5 Å². The Morgan fingerprint density at radius 1 is 1.14 bits per heavy atom. The Morgan fingerprint density at radius 2 is 1.86 bits per heavy atom. The van der Waals surface area contributed by atoms with Gasteiger partial charge in [-0.3, -0.25) is 0 Å². The fraction of sp³-hybridized carbons (Fsp3) is 0.400. The molecule has 3 aromatic rings. The van der Waals surface area contributed by atoms with Crippen molar-refractivity contribution in [1.82, 2.24) is 14.9 Å². The number of piperidine rings is 1. The van der Waals surface area contributed by atoms with E-state index in [9.17, 15) is 9.18 Å².